The molecule has 112 valence electrons. The van der Waals surface area contributed by atoms with Crippen molar-refractivity contribution in [3.8, 4) is 5.75 Å². The molecule has 3 rings (SSSR count). The number of ether oxygens (including phenoxy) is 1. The van der Waals surface area contributed by atoms with Gasteiger partial charge in [0.15, 0.2) is 11.9 Å². The van der Waals surface area contributed by atoms with Gasteiger partial charge in [-0.2, -0.15) is 0 Å². The maximum absolute atomic E-state index is 13.3. The first-order chi connectivity index (χ1) is 10.1. The summed E-state index contributed by atoms with van der Waals surface area (Å²) in [6.07, 6.45) is 3.54. The number of hydrogen-bond donors (Lipinski definition) is 1. The van der Waals surface area contributed by atoms with Crippen LogP contribution in [0.1, 0.15) is 18.4 Å². The largest absolute Gasteiger partial charge is 0.477 e. The molecular weight excluding hydrogens is 318 g/mol. The molecule has 1 fully saturated rings. The first-order valence-corrected chi connectivity index (χ1v) is 7.32. The average Bonchev–Trinajstić information content (AvgIpc) is 3.11. The van der Waals surface area contributed by atoms with E-state index < -0.39 is 11.9 Å². The molecular formula is C14H13Cl2FN2O2. The second-order valence-electron chi connectivity index (χ2n) is 4.86. The zero-order valence-electron chi connectivity index (χ0n) is 11.0. The molecule has 0 saturated carbocycles. The Kier molecular flexibility index (Phi) is 4.33. The predicted molar refractivity (Wildman–Crippen MR) is 77.3 cm³/mol. The highest BCUT2D eigenvalue weighted by atomic mass is 35.5. The van der Waals surface area contributed by atoms with Crippen LogP contribution >= 0.6 is 23.2 Å². The fourth-order valence-electron chi connectivity index (χ4n) is 2.43. The fourth-order valence-corrected chi connectivity index (χ4v) is 2.98. The zero-order valence-corrected chi connectivity index (χ0v) is 12.5. The van der Waals surface area contributed by atoms with E-state index in [4.69, 9.17) is 32.4 Å². The molecule has 0 unspecified atom stereocenters. The van der Waals surface area contributed by atoms with Gasteiger partial charge in [0.2, 0.25) is 5.89 Å². The number of rotatable bonds is 4. The third kappa shape index (κ3) is 3.15. The molecule has 0 radical (unpaired) electrons. The number of nitrogens with zero attached hydrogens (tertiary/aromatic N) is 1. The summed E-state index contributed by atoms with van der Waals surface area (Å²) in [4.78, 5) is 4.15. The summed E-state index contributed by atoms with van der Waals surface area (Å²) in [7, 11) is 0. The van der Waals surface area contributed by atoms with Crippen molar-refractivity contribution in [1.82, 2.24) is 10.3 Å². The minimum atomic E-state index is -0.507. The summed E-state index contributed by atoms with van der Waals surface area (Å²) in [5, 5.41) is 3.52. The maximum Gasteiger partial charge on any atom is 0.235 e. The van der Waals surface area contributed by atoms with Gasteiger partial charge in [0.1, 0.15) is 12.1 Å². The van der Waals surface area contributed by atoms with Crippen LogP contribution in [0.3, 0.4) is 0 Å². The standard InChI is InChI=1S/C14H13Cl2FN2O2/c15-10-5-9(17)6-11(16)13(10)21-12(8-1-2-18-7-8)14-19-3-4-20-14/h3-6,8,12,18H,1-2,7H2/t8-,12+/m1/s1. The lowest BCUT2D eigenvalue weighted by atomic mass is 10.0. The molecule has 2 heterocycles. The Morgan fingerprint density at radius 2 is 2.14 bits per heavy atom. The highest BCUT2D eigenvalue weighted by Crippen LogP contribution is 2.39. The molecule has 4 nitrogen and oxygen atoms in total. The molecule has 1 aromatic heterocycles. The lowest BCUT2D eigenvalue weighted by molar-refractivity contribution is 0.114. The van der Waals surface area contributed by atoms with Crippen molar-refractivity contribution in [2.24, 2.45) is 5.92 Å². The van der Waals surface area contributed by atoms with Crippen LogP contribution in [0.4, 0.5) is 4.39 Å². The smallest absolute Gasteiger partial charge is 0.235 e. The normalized spacial score (nSPS) is 19.7. The molecule has 1 aliphatic heterocycles. The average molecular weight is 331 g/mol. The Morgan fingerprint density at radius 1 is 1.38 bits per heavy atom. The van der Waals surface area contributed by atoms with E-state index in [9.17, 15) is 4.39 Å². The molecule has 0 aliphatic carbocycles. The van der Waals surface area contributed by atoms with Crippen LogP contribution in [-0.2, 0) is 0 Å². The second kappa shape index (κ2) is 6.22. The van der Waals surface area contributed by atoms with E-state index in [1.54, 1.807) is 6.20 Å². The number of aromatic nitrogens is 1. The minimum Gasteiger partial charge on any atom is -0.477 e. The molecule has 2 aromatic rings. The van der Waals surface area contributed by atoms with Crippen molar-refractivity contribution in [2.75, 3.05) is 13.1 Å². The summed E-state index contributed by atoms with van der Waals surface area (Å²) >= 11 is 12.1. The van der Waals surface area contributed by atoms with Gasteiger partial charge in [-0.15, -0.1) is 0 Å². The first kappa shape index (κ1) is 14.6. The van der Waals surface area contributed by atoms with E-state index >= 15 is 0 Å². The Bertz CT molecular complexity index is 592. The van der Waals surface area contributed by atoms with Crippen molar-refractivity contribution in [1.29, 1.82) is 0 Å². The number of hydrogen-bond acceptors (Lipinski definition) is 4. The van der Waals surface area contributed by atoms with E-state index in [2.05, 4.69) is 10.3 Å². The molecule has 1 N–H and O–H groups in total. The topological polar surface area (TPSA) is 47.3 Å². The van der Waals surface area contributed by atoms with Crippen LogP contribution in [0.25, 0.3) is 0 Å². The summed E-state index contributed by atoms with van der Waals surface area (Å²) in [6.45, 7) is 1.68. The van der Waals surface area contributed by atoms with Crippen molar-refractivity contribution in [3.05, 3.63) is 46.3 Å². The third-order valence-corrected chi connectivity index (χ3v) is 3.99. The lowest BCUT2D eigenvalue weighted by Crippen LogP contribution is -2.22. The quantitative estimate of drug-likeness (QED) is 0.924. The van der Waals surface area contributed by atoms with E-state index in [1.165, 1.54) is 18.4 Å². The van der Waals surface area contributed by atoms with E-state index in [-0.39, 0.29) is 21.7 Å². The van der Waals surface area contributed by atoms with Crippen molar-refractivity contribution in [3.63, 3.8) is 0 Å². The molecule has 1 aliphatic rings. The van der Waals surface area contributed by atoms with Crippen LogP contribution < -0.4 is 10.1 Å². The Morgan fingerprint density at radius 3 is 2.71 bits per heavy atom. The number of halogens is 3. The van der Waals surface area contributed by atoms with Crippen LogP contribution in [-0.4, -0.2) is 18.1 Å². The molecule has 2 atom stereocenters. The van der Waals surface area contributed by atoms with E-state index in [0.29, 0.717) is 5.89 Å². The number of benzene rings is 1. The van der Waals surface area contributed by atoms with Gasteiger partial charge in [-0.05, 0) is 25.1 Å². The van der Waals surface area contributed by atoms with Gasteiger partial charge in [-0.25, -0.2) is 9.37 Å². The van der Waals surface area contributed by atoms with E-state index in [0.717, 1.165) is 19.5 Å². The first-order valence-electron chi connectivity index (χ1n) is 6.56. The Hall–Kier alpha value is -1.30. The highest BCUT2D eigenvalue weighted by molar-refractivity contribution is 6.37. The summed E-state index contributed by atoms with van der Waals surface area (Å²) < 4.78 is 24.5. The van der Waals surface area contributed by atoms with Gasteiger partial charge < -0.3 is 14.5 Å². The second-order valence-corrected chi connectivity index (χ2v) is 5.67. The molecule has 7 heteroatoms. The summed E-state index contributed by atoms with van der Waals surface area (Å²) in [5.74, 6) is 0.378. The Balaban J connectivity index is 1.91. The van der Waals surface area contributed by atoms with Gasteiger partial charge in [0.25, 0.3) is 0 Å². The monoisotopic (exact) mass is 330 g/mol. The maximum atomic E-state index is 13.3. The van der Waals surface area contributed by atoms with Gasteiger partial charge >= 0.3 is 0 Å². The molecule has 21 heavy (non-hydrogen) atoms. The molecule has 0 amide bonds. The highest BCUT2D eigenvalue weighted by Gasteiger charge is 2.32. The molecule has 1 aromatic carbocycles. The van der Waals surface area contributed by atoms with Crippen LogP contribution in [0.15, 0.2) is 29.0 Å². The van der Waals surface area contributed by atoms with Crippen LogP contribution in [0.2, 0.25) is 10.0 Å². The number of nitrogens with one attached hydrogen (secondary N) is 1. The SMILES string of the molecule is Fc1cc(Cl)c(O[C@H](c2ncco2)[C@@H]2CCNC2)c(Cl)c1. The molecule has 0 bridgehead atoms. The van der Waals surface area contributed by atoms with Crippen molar-refractivity contribution >= 4 is 23.2 Å². The van der Waals surface area contributed by atoms with Gasteiger partial charge in [-0.1, -0.05) is 23.2 Å². The summed E-state index contributed by atoms with van der Waals surface area (Å²) in [6, 6.07) is 2.34. The fraction of sp³-hybridized carbons (Fsp3) is 0.357. The van der Waals surface area contributed by atoms with Gasteiger partial charge in [0, 0.05) is 12.5 Å². The zero-order chi connectivity index (χ0) is 14.8. The van der Waals surface area contributed by atoms with Crippen molar-refractivity contribution < 1.29 is 13.5 Å². The third-order valence-electron chi connectivity index (χ3n) is 3.43. The predicted octanol–water partition coefficient (Wildman–Crippen LogP) is 3.85. The molecule has 1 saturated heterocycles. The minimum absolute atomic E-state index is 0.127. The Labute approximate surface area is 131 Å². The summed E-state index contributed by atoms with van der Waals surface area (Å²) in [5.41, 5.74) is 0. The number of oxazole rings is 1. The van der Waals surface area contributed by atoms with Crippen LogP contribution in [0, 0.1) is 11.7 Å². The van der Waals surface area contributed by atoms with Crippen LogP contribution in [0.5, 0.6) is 5.75 Å². The molecule has 0 spiro atoms. The lowest BCUT2D eigenvalue weighted by Gasteiger charge is -2.22. The van der Waals surface area contributed by atoms with Gasteiger partial charge in [-0.3, -0.25) is 0 Å². The van der Waals surface area contributed by atoms with E-state index in [1.807, 2.05) is 0 Å². The van der Waals surface area contributed by atoms with Crippen molar-refractivity contribution in [2.45, 2.75) is 12.5 Å². The van der Waals surface area contributed by atoms with Gasteiger partial charge in [0.05, 0.1) is 16.2 Å².